The molecule has 0 radical (unpaired) electrons. The number of hydrogen-bond acceptors (Lipinski definition) is 4. The molecule has 2 unspecified atom stereocenters. The molecule has 3 N–H and O–H groups in total. The number of nitrogens with one attached hydrogen (secondary N) is 1. The molecule has 0 bridgehead atoms. The molecule has 0 spiro atoms. The summed E-state index contributed by atoms with van der Waals surface area (Å²) in [5.41, 5.74) is 9.84. The van der Waals surface area contributed by atoms with E-state index in [0.29, 0.717) is 12.0 Å². The summed E-state index contributed by atoms with van der Waals surface area (Å²) in [6.45, 7) is 2.18. The van der Waals surface area contributed by atoms with Gasteiger partial charge in [0.05, 0.1) is 5.69 Å². The van der Waals surface area contributed by atoms with Gasteiger partial charge in [-0.2, -0.15) is 0 Å². The van der Waals surface area contributed by atoms with Gasteiger partial charge in [0.2, 0.25) is 10.9 Å². The average Bonchev–Trinajstić information content (AvgIpc) is 2.82. The Labute approximate surface area is 182 Å². The molecule has 31 heavy (non-hydrogen) atoms. The van der Waals surface area contributed by atoms with Crippen LogP contribution in [-0.4, -0.2) is 0 Å². The number of anilines is 1. The van der Waals surface area contributed by atoms with Gasteiger partial charge in [0.15, 0.2) is 0 Å². The first-order valence-electron chi connectivity index (χ1n) is 10.5. The van der Waals surface area contributed by atoms with E-state index in [1.807, 2.05) is 24.3 Å². The molecule has 0 fully saturated rings. The largest absolute Gasteiger partial charge is 0.395 e. The Morgan fingerprint density at radius 3 is 2.03 bits per heavy atom. The van der Waals surface area contributed by atoms with E-state index in [1.165, 1.54) is 11.1 Å². The van der Waals surface area contributed by atoms with Crippen LogP contribution in [0.3, 0.4) is 0 Å². The molecule has 0 amide bonds. The number of benzene rings is 3. The van der Waals surface area contributed by atoms with Gasteiger partial charge < -0.3 is 11.1 Å². The predicted octanol–water partition coefficient (Wildman–Crippen LogP) is 4.09. The number of hydrogen-bond donors (Lipinski definition) is 2. The highest BCUT2D eigenvalue weighted by Gasteiger charge is 2.19. The second kappa shape index (κ2) is 9.11. The third-order valence-electron chi connectivity index (χ3n) is 5.81. The predicted molar refractivity (Wildman–Crippen MR) is 126 cm³/mol. The summed E-state index contributed by atoms with van der Waals surface area (Å²) in [5.74, 6) is 0. The molecule has 4 aromatic rings. The molecule has 0 aliphatic carbocycles. The van der Waals surface area contributed by atoms with Gasteiger partial charge in [-0.1, -0.05) is 84.9 Å². The molecular weight excluding hydrogens is 384 g/mol. The van der Waals surface area contributed by atoms with Gasteiger partial charge in [-0.15, -0.1) is 0 Å². The van der Waals surface area contributed by atoms with Gasteiger partial charge >= 0.3 is 0 Å². The van der Waals surface area contributed by atoms with Gasteiger partial charge in [-0.25, -0.2) is 0 Å². The molecule has 2 atom stereocenters. The molecule has 4 nitrogen and oxygen atoms in total. The Morgan fingerprint density at radius 1 is 0.774 bits per heavy atom. The van der Waals surface area contributed by atoms with Crippen molar-refractivity contribution >= 4 is 5.69 Å². The van der Waals surface area contributed by atoms with Crippen LogP contribution in [0.4, 0.5) is 5.69 Å². The summed E-state index contributed by atoms with van der Waals surface area (Å²) in [4.78, 5) is 23.2. The van der Waals surface area contributed by atoms with Crippen molar-refractivity contribution in [1.82, 2.24) is 5.32 Å². The van der Waals surface area contributed by atoms with Crippen LogP contribution in [0.15, 0.2) is 94.5 Å². The Bertz CT molecular complexity index is 1230. The maximum absolute atomic E-state index is 11.8. The standard InChI is InChI=1S/C27H26N2O2/c1-18(21-11-4-2-5-12-21)29-24(22-13-6-3-7-14-22)17-20-10-8-9-19(15-20)16-23-25(28)27(31)26(23)30/h2-15,18,24,29H,16-17,28H2,1H3. The molecule has 4 rings (SSSR count). The van der Waals surface area contributed by atoms with E-state index >= 15 is 0 Å². The number of nitrogens with two attached hydrogens (primary N) is 1. The summed E-state index contributed by atoms with van der Waals surface area (Å²) < 4.78 is 0. The second-order valence-corrected chi connectivity index (χ2v) is 8.01. The molecule has 0 saturated heterocycles. The van der Waals surface area contributed by atoms with Crippen molar-refractivity contribution in [2.24, 2.45) is 0 Å². The van der Waals surface area contributed by atoms with Crippen LogP contribution in [-0.2, 0) is 12.8 Å². The van der Waals surface area contributed by atoms with Crippen LogP contribution in [0.2, 0.25) is 0 Å². The first kappa shape index (κ1) is 20.8. The Balaban J connectivity index is 1.56. The van der Waals surface area contributed by atoms with Crippen LogP contribution in [0, 0.1) is 0 Å². The van der Waals surface area contributed by atoms with Gasteiger partial charge in [0, 0.05) is 24.1 Å². The lowest BCUT2D eigenvalue weighted by molar-refractivity contribution is 0.464. The van der Waals surface area contributed by atoms with Crippen molar-refractivity contribution in [2.45, 2.75) is 31.8 Å². The summed E-state index contributed by atoms with van der Waals surface area (Å²) in [6.07, 6.45) is 1.20. The van der Waals surface area contributed by atoms with Crippen molar-refractivity contribution in [3.63, 3.8) is 0 Å². The lowest BCUT2D eigenvalue weighted by Crippen LogP contribution is -2.38. The van der Waals surface area contributed by atoms with Crippen LogP contribution in [0.5, 0.6) is 0 Å². The molecule has 156 valence electrons. The molecule has 4 aromatic carbocycles. The van der Waals surface area contributed by atoms with Gasteiger partial charge in [-0.05, 0) is 35.6 Å². The smallest absolute Gasteiger partial charge is 0.249 e. The molecule has 0 aliphatic heterocycles. The quantitative estimate of drug-likeness (QED) is 0.429. The lowest BCUT2D eigenvalue weighted by Gasteiger charge is -2.25. The van der Waals surface area contributed by atoms with E-state index in [9.17, 15) is 9.59 Å². The first-order chi connectivity index (χ1) is 15.0. The zero-order valence-electron chi connectivity index (χ0n) is 17.5. The Hall–Kier alpha value is -3.50. The fourth-order valence-electron chi connectivity index (χ4n) is 4.04. The SMILES string of the molecule is CC(NC(Cc1cccc(Cc2c(N)c(=O)c2=O)c1)c1ccccc1)c1ccccc1. The van der Waals surface area contributed by atoms with Crippen molar-refractivity contribution in [2.75, 3.05) is 5.73 Å². The van der Waals surface area contributed by atoms with Gasteiger partial charge in [0.25, 0.3) is 0 Å². The van der Waals surface area contributed by atoms with Crippen molar-refractivity contribution in [1.29, 1.82) is 0 Å². The maximum atomic E-state index is 11.8. The summed E-state index contributed by atoms with van der Waals surface area (Å²) >= 11 is 0. The highest BCUT2D eigenvalue weighted by molar-refractivity contribution is 5.54. The highest BCUT2D eigenvalue weighted by Crippen LogP contribution is 2.24. The van der Waals surface area contributed by atoms with E-state index in [0.717, 1.165) is 17.5 Å². The van der Waals surface area contributed by atoms with Crippen molar-refractivity contribution in [3.8, 4) is 0 Å². The van der Waals surface area contributed by atoms with Crippen molar-refractivity contribution < 1.29 is 0 Å². The average molecular weight is 411 g/mol. The van der Waals surface area contributed by atoms with Crippen LogP contribution >= 0.6 is 0 Å². The third kappa shape index (κ3) is 4.65. The zero-order valence-corrected chi connectivity index (χ0v) is 17.5. The monoisotopic (exact) mass is 410 g/mol. The van der Waals surface area contributed by atoms with Gasteiger partial charge in [0.1, 0.15) is 0 Å². The van der Waals surface area contributed by atoms with Crippen molar-refractivity contribution in [3.05, 3.63) is 133 Å². The van der Waals surface area contributed by atoms with E-state index in [4.69, 9.17) is 5.73 Å². The fraction of sp³-hybridized carbons (Fsp3) is 0.185. The molecule has 0 heterocycles. The third-order valence-corrected chi connectivity index (χ3v) is 5.81. The molecule has 0 aromatic heterocycles. The zero-order chi connectivity index (χ0) is 21.8. The Kier molecular flexibility index (Phi) is 6.10. The van der Waals surface area contributed by atoms with E-state index in [2.05, 4.69) is 72.9 Å². The molecule has 4 heteroatoms. The minimum atomic E-state index is -0.561. The first-order valence-corrected chi connectivity index (χ1v) is 10.5. The molecule has 0 aliphatic rings. The van der Waals surface area contributed by atoms with Crippen LogP contribution < -0.4 is 21.9 Å². The van der Waals surface area contributed by atoms with E-state index < -0.39 is 10.9 Å². The lowest BCUT2D eigenvalue weighted by atomic mass is 9.94. The van der Waals surface area contributed by atoms with E-state index in [1.54, 1.807) is 0 Å². The molecular formula is C27H26N2O2. The summed E-state index contributed by atoms with van der Waals surface area (Å²) in [7, 11) is 0. The summed E-state index contributed by atoms with van der Waals surface area (Å²) in [5, 5.41) is 3.77. The minimum Gasteiger partial charge on any atom is -0.395 e. The van der Waals surface area contributed by atoms with Crippen LogP contribution in [0.25, 0.3) is 0 Å². The highest BCUT2D eigenvalue weighted by atomic mass is 16.2. The fourth-order valence-corrected chi connectivity index (χ4v) is 4.04. The molecule has 0 saturated carbocycles. The van der Waals surface area contributed by atoms with E-state index in [-0.39, 0.29) is 17.8 Å². The number of nitrogen functional groups attached to an aromatic ring is 1. The normalized spacial score (nSPS) is 13.2. The Morgan fingerprint density at radius 2 is 1.39 bits per heavy atom. The van der Waals surface area contributed by atoms with Gasteiger partial charge in [-0.3, -0.25) is 9.59 Å². The maximum Gasteiger partial charge on any atom is 0.249 e. The number of rotatable bonds is 8. The second-order valence-electron chi connectivity index (χ2n) is 8.01. The van der Waals surface area contributed by atoms with Crippen LogP contribution in [0.1, 0.15) is 46.8 Å². The minimum absolute atomic E-state index is 0.107. The summed E-state index contributed by atoms with van der Waals surface area (Å²) in [6, 6.07) is 29.3. The topological polar surface area (TPSA) is 72.2 Å².